The molecule has 0 atom stereocenters. The van der Waals surface area contributed by atoms with Crippen LogP contribution in [0.15, 0.2) is 33.2 Å². The van der Waals surface area contributed by atoms with Crippen molar-refractivity contribution in [2.24, 2.45) is 0 Å². The van der Waals surface area contributed by atoms with Crippen LogP contribution < -0.4 is 5.32 Å². The first-order chi connectivity index (χ1) is 11.9. The summed E-state index contributed by atoms with van der Waals surface area (Å²) in [5.74, 6) is 1.11. The van der Waals surface area contributed by atoms with Crippen LogP contribution in [-0.4, -0.2) is 10.9 Å². The molecule has 0 fully saturated rings. The molecular weight excluding hydrogens is 424 g/mol. The van der Waals surface area contributed by atoms with Crippen LogP contribution in [0.2, 0.25) is 5.02 Å². The lowest BCUT2D eigenvalue weighted by Crippen LogP contribution is -2.23. The molecule has 1 amide bonds. The van der Waals surface area contributed by atoms with Gasteiger partial charge in [0.05, 0.1) is 22.3 Å². The summed E-state index contributed by atoms with van der Waals surface area (Å²) in [6, 6.07) is 7.58. The summed E-state index contributed by atoms with van der Waals surface area (Å²) in [5, 5.41) is 4.46. The molecule has 0 aliphatic carbocycles. The Hall–Kier alpha value is -1.63. The first-order valence-electron chi connectivity index (χ1n) is 7.62. The van der Waals surface area contributed by atoms with E-state index >= 15 is 0 Å². The fourth-order valence-electron chi connectivity index (χ4n) is 2.56. The van der Waals surface area contributed by atoms with Crippen molar-refractivity contribution >= 4 is 44.8 Å². The molecule has 0 bridgehead atoms. The molecule has 25 heavy (non-hydrogen) atoms. The van der Waals surface area contributed by atoms with Crippen LogP contribution in [0.5, 0.6) is 0 Å². The van der Waals surface area contributed by atoms with Gasteiger partial charge in [0.15, 0.2) is 0 Å². The predicted molar refractivity (Wildman–Crippen MR) is 104 cm³/mol. The molecule has 2 heterocycles. The van der Waals surface area contributed by atoms with Crippen molar-refractivity contribution in [2.75, 3.05) is 0 Å². The minimum absolute atomic E-state index is 0.179. The van der Waals surface area contributed by atoms with Gasteiger partial charge in [0.1, 0.15) is 16.5 Å². The van der Waals surface area contributed by atoms with Crippen molar-refractivity contribution in [3.05, 3.63) is 60.7 Å². The third-order valence-electron chi connectivity index (χ3n) is 3.77. The van der Waals surface area contributed by atoms with Crippen LogP contribution in [0.4, 0.5) is 0 Å². The SMILES string of the molecule is Cc1oc(C)c(C(=O)NCc2nc(-c3ccc(Cl)cc3)c(C)s2)c1Br. The molecule has 3 aromatic rings. The van der Waals surface area contributed by atoms with E-state index in [1.165, 1.54) is 0 Å². The number of carbonyl (C=O) groups excluding carboxylic acids is 1. The number of halogens is 2. The molecule has 1 aromatic carbocycles. The first-order valence-corrected chi connectivity index (χ1v) is 9.61. The van der Waals surface area contributed by atoms with Gasteiger partial charge < -0.3 is 9.73 Å². The van der Waals surface area contributed by atoms with E-state index in [-0.39, 0.29) is 5.91 Å². The molecule has 7 heteroatoms. The molecular formula is C18H16BrClN2O2S. The second kappa shape index (κ2) is 7.32. The van der Waals surface area contributed by atoms with Gasteiger partial charge in [-0.25, -0.2) is 4.98 Å². The van der Waals surface area contributed by atoms with Gasteiger partial charge in [-0.2, -0.15) is 0 Å². The highest BCUT2D eigenvalue weighted by Gasteiger charge is 2.20. The third kappa shape index (κ3) is 3.81. The lowest BCUT2D eigenvalue weighted by atomic mass is 10.1. The predicted octanol–water partition coefficient (Wildman–Crippen LogP) is 5.67. The largest absolute Gasteiger partial charge is 0.465 e. The lowest BCUT2D eigenvalue weighted by molar-refractivity contribution is 0.0948. The summed E-state index contributed by atoms with van der Waals surface area (Å²) in [6.07, 6.45) is 0. The zero-order valence-electron chi connectivity index (χ0n) is 13.9. The van der Waals surface area contributed by atoms with Gasteiger partial charge in [0.25, 0.3) is 5.91 Å². The summed E-state index contributed by atoms with van der Waals surface area (Å²) in [7, 11) is 0. The number of thiazole rings is 1. The summed E-state index contributed by atoms with van der Waals surface area (Å²) in [5.41, 5.74) is 2.46. The second-order valence-electron chi connectivity index (χ2n) is 5.61. The highest BCUT2D eigenvalue weighted by atomic mass is 79.9. The number of rotatable bonds is 4. The number of hydrogen-bond acceptors (Lipinski definition) is 4. The number of furan rings is 1. The van der Waals surface area contributed by atoms with Crippen molar-refractivity contribution in [1.29, 1.82) is 0 Å². The summed E-state index contributed by atoms with van der Waals surface area (Å²) < 4.78 is 6.17. The average molecular weight is 440 g/mol. The van der Waals surface area contributed by atoms with E-state index in [2.05, 4.69) is 26.2 Å². The number of aryl methyl sites for hydroxylation is 3. The van der Waals surface area contributed by atoms with Gasteiger partial charge in [-0.3, -0.25) is 4.79 Å². The quantitative estimate of drug-likeness (QED) is 0.569. The topological polar surface area (TPSA) is 55.1 Å². The number of nitrogens with zero attached hydrogens (tertiary/aromatic N) is 1. The number of hydrogen-bond donors (Lipinski definition) is 1. The number of benzene rings is 1. The molecule has 1 N–H and O–H groups in total. The smallest absolute Gasteiger partial charge is 0.256 e. The van der Waals surface area contributed by atoms with Crippen molar-refractivity contribution < 1.29 is 9.21 Å². The van der Waals surface area contributed by atoms with Gasteiger partial charge in [-0.05, 0) is 48.8 Å². The minimum Gasteiger partial charge on any atom is -0.465 e. The van der Waals surface area contributed by atoms with Crippen LogP contribution in [0, 0.1) is 20.8 Å². The van der Waals surface area contributed by atoms with E-state index in [1.54, 1.807) is 18.3 Å². The highest BCUT2D eigenvalue weighted by molar-refractivity contribution is 9.10. The first kappa shape index (κ1) is 18.2. The zero-order valence-corrected chi connectivity index (χ0v) is 17.1. The van der Waals surface area contributed by atoms with Gasteiger partial charge in [-0.1, -0.05) is 23.7 Å². The minimum atomic E-state index is -0.179. The Morgan fingerprint density at radius 1 is 1.24 bits per heavy atom. The molecule has 2 aromatic heterocycles. The number of carbonyl (C=O) groups is 1. The fourth-order valence-corrected chi connectivity index (χ4v) is 4.12. The summed E-state index contributed by atoms with van der Waals surface area (Å²) >= 11 is 10.9. The van der Waals surface area contributed by atoms with Crippen molar-refractivity contribution in [3.63, 3.8) is 0 Å². The Morgan fingerprint density at radius 2 is 1.92 bits per heavy atom. The Morgan fingerprint density at radius 3 is 2.52 bits per heavy atom. The van der Waals surface area contributed by atoms with Crippen LogP contribution >= 0.6 is 38.9 Å². The van der Waals surface area contributed by atoms with Crippen molar-refractivity contribution in [3.8, 4) is 11.3 Å². The molecule has 0 unspecified atom stereocenters. The van der Waals surface area contributed by atoms with E-state index < -0.39 is 0 Å². The third-order valence-corrected chi connectivity index (χ3v) is 5.95. The van der Waals surface area contributed by atoms with Crippen LogP contribution in [0.25, 0.3) is 11.3 Å². The van der Waals surface area contributed by atoms with E-state index in [4.69, 9.17) is 16.0 Å². The molecule has 3 rings (SSSR count). The Bertz CT molecular complexity index is 931. The standard InChI is InChI=1S/C18H16BrClN2O2S/c1-9-15(16(19)10(2)24-9)18(23)21-8-14-22-17(11(3)25-14)12-4-6-13(20)7-5-12/h4-7H,8H2,1-3H3,(H,21,23). The van der Waals surface area contributed by atoms with Gasteiger partial charge in [0.2, 0.25) is 0 Å². The molecule has 0 aliphatic rings. The van der Waals surface area contributed by atoms with Gasteiger partial charge in [0, 0.05) is 15.5 Å². The molecule has 0 saturated heterocycles. The maximum atomic E-state index is 12.4. The molecule has 0 aliphatic heterocycles. The van der Waals surface area contributed by atoms with Crippen LogP contribution in [-0.2, 0) is 6.54 Å². The maximum Gasteiger partial charge on any atom is 0.256 e. The fraction of sp³-hybridized carbons (Fsp3) is 0.222. The number of nitrogens with one attached hydrogen (secondary N) is 1. The normalized spacial score (nSPS) is 10.9. The second-order valence-corrected chi connectivity index (χ2v) is 8.12. The molecule has 4 nitrogen and oxygen atoms in total. The Labute approximate surface area is 163 Å². The van der Waals surface area contributed by atoms with Crippen molar-refractivity contribution in [1.82, 2.24) is 10.3 Å². The summed E-state index contributed by atoms with van der Waals surface area (Å²) in [4.78, 5) is 18.2. The molecule has 130 valence electrons. The molecule has 0 radical (unpaired) electrons. The Kier molecular flexibility index (Phi) is 5.32. The van der Waals surface area contributed by atoms with E-state index in [1.807, 2.05) is 38.1 Å². The number of amides is 1. The van der Waals surface area contributed by atoms with E-state index in [0.29, 0.717) is 33.1 Å². The monoisotopic (exact) mass is 438 g/mol. The van der Waals surface area contributed by atoms with E-state index in [0.717, 1.165) is 21.1 Å². The molecule has 0 saturated carbocycles. The number of aromatic nitrogens is 1. The summed E-state index contributed by atoms with van der Waals surface area (Å²) in [6.45, 7) is 5.98. The molecule has 0 spiro atoms. The van der Waals surface area contributed by atoms with Gasteiger partial charge in [-0.15, -0.1) is 11.3 Å². The lowest BCUT2D eigenvalue weighted by Gasteiger charge is -2.02. The van der Waals surface area contributed by atoms with Crippen molar-refractivity contribution in [2.45, 2.75) is 27.3 Å². The Balaban J connectivity index is 1.75. The van der Waals surface area contributed by atoms with Gasteiger partial charge >= 0.3 is 0 Å². The van der Waals surface area contributed by atoms with Crippen LogP contribution in [0.3, 0.4) is 0 Å². The maximum absolute atomic E-state index is 12.4. The van der Waals surface area contributed by atoms with Crippen LogP contribution in [0.1, 0.15) is 31.8 Å². The zero-order chi connectivity index (χ0) is 18.1. The van der Waals surface area contributed by atoms with E-state index in [9.17, 15) is 4.79 Å². The highest BCUT2D eigenvalue weighted by Crippen LogP contribution is 2.29. The average Bonchev–Trinajstić information content (AvgIpc) is 3.06.